The Hall–Kier alpha value is -3.39. The van der Waals surface area contributed by atoms with E-state index in [1.165, 1.54) is 53.0 Å². The van der Waals surface area contributed by atoms with Crippen molar-refractivity contribution in [1.29, 1.82) is 0 Å². The molecule has 3 aliphatic rings. The summed E-state index contributed by atoms with van der Waals surface area (Å²) in [4.78, 5) is 4.04. The Morgan fingerprint density at radius 2 is 1.79 bits per heavy atom. The molecular weight excluding hydrogens is 400 g/mol. The van der Waals surface area contributed by atoms with Gasteiger partial charge in [-0.05, 0) is 69.7 Å². The van der Waals surface area contributed by atoms with Crippen LogP contribution in [0.4, 0.5) is 5.69 Å². The molecule has 6 rings (SSSR count). The van der Waals surface area contributed by atoms with Gasteiger partial charge in [-0.15, -0.1) is 0 Å². The van der Waals surface area contributed by atoms with E-state index in [1.807, 2.05) is 36.7 Å². The lowest BCUT2D eigenvalue weighted by Gasteiger charge is -2.25. The maximum absolute atomic E-state index is 4.04. The highest BCUT2D eigenvalue weighted by Gasteiger charge is 2.20. The molecule has 166 valence electrons. The molecule has 2 nitrogen and oxygen atoms in total. The van der Waals surface area contributed by atoms with Crippen molar-refractivity contribution < 1.29 is 0 Å². The molecule has 3 aromatic carbocycles. The zero-order chi connectivity index (χ0) is 22.5. The third-order valence-corrected chi connectivity index (χ3v) is 6.94. The summed E-state index contributed by atoms with van der Waals surface area (Å²) in [6, 6.07) is 21.6. The van der Waals surface area contributed by atoms with Gasteiger partial charge in [0.05, 0.1) is 0 Å². The van der Waals surface area contributed by atoms with Gasteiger partial charge in [-0.3, -0.25) is 4.99 Å². The summed E-state index contributed by atoms with van der Waals surface area (Å²) in [7, 11) is 0. The molecule has 0 radical (unpaired) electrons. The van der Waals surface area contributed by atoms with Gasteiger partial charge < -0.3 is 5.32 Å². The van der Waals surface area contributed by atoms with Crippen LogP contribution in [0.1, 0.15) is 61.6 Å². The number of benzene rings is 3. The summed E-state index contributed by atoms with van der Waals surface area (Å²) in [6.45, 7) is 2.31. The number of aliphatic imine (C=N–C) groups is 1. The van der Waals surface area contributed by atoms with Gasteiger partial charge in [-0.25, -0.2) is 0 Å². The molecule has 1 unspecified atom stereocenters. The molecular formula is C31H32N2. The number of nitrogens with zero attached hydrogens (tertiary/aromatic N) is 1. The fourth-order valence-electron chi connectivity index (χ4n) is 5.31. The topological polar surface area (TPSA) is 24.4 Å². The zero-order valence-electron chi connectivity index (χ0n) is 19.4. The lowest BCUT2D eigenvalue weighted by molar-refractivity contribution is 0.543. The van der Waals surface area contributed by atoms with E-state index < -0.39 is 0 Å². The van der Waals surface area contributed by atoms with Crippen molar-refractivity contribution in [3.63, 3.8) is 0 Å². The van der Waals surface area contributed by atoms with Crippen LogP contribution in [0.25, 0.3) is 12.2 Å². The Bertz CT molecular complexity index is 1410. The van der Waals surface area contributed by atoms with Crippen LogP contribution in [-0.2, 0) is 6.42 Å². The first-order chi connectivity index (χ1) is 16.3. The van der Waals surface area contributed by atoms with Gasteiger partial charge in [0.2, 0.25) is 0 Å². The molecule has 0 saturated carbocycles. The Balaban J connectivity index is 0.000000174. The molecule has 33 heavy (non-hydrogen) atoms. The highest BCUT2D eigenvalue weighted by molar-refractivity contribution is 5.88. The van der Waals surface area contributed by atoms with Crippen molar-refractivity contribution in [3.05, 3.63) is 111 Å². The standard InChI is InChI=1S/C22H24.C9H8N2/c1-2-3-7-17-9-6-10-18-13-14-20-19-11-5-4-8-16(19)12-15-21(20)22(17)18;1-2-4-9-8(3-1)7-10-5-6-11-9/h4-5,8,10-14,17H,2-3,6-7,9,15H2,1H3;1-7,11H. The van der Waals surface area contributed by atoms with Crippen LogP contribution in [0.2, 0.25) is 0 Å². The quantitative estimate of drug-likeness (QED) is 0.527. The van der Waals surface area contributed by atoms with Crippen LogP contribution in [0.3, 0.4) is 0 Å². The van der Waals surface area contributed by atoms with E-state index in [4.69, 9.17) is 0 Å². The summed E-state index contributed by atoms with van der Waals surface area (Å²) >= 11 is 0. The SMILES string of the molecule is C1=CNc2ccccc2C=N1.CCCCC1CCC=c2ccc3c(c21)CC=c1ccccc1=3. The number of fused-ring (bicyclic) bond motifs is 5. The predicted molar refractivity (Wildman–Crippen MR) is 141 cm³/mol. The lowest BCUT2D eigenvalue weighted by Crippen LogP contribution is -2.23. The number of anilines is 1. The Morgan fingerprint density at radius 1 is 0.909 bits per heavy atom. The van der Waals surface area contributed by atoms with Gasteiger partial charge in [-0.1, -0.05) is 86.5 Å². The average Bonchev–Trinajstić information content (AvgIpc) is 3.13. The van der Waals surface area contributed by atoms with Crippen molar-refractivity contribution in [3.8, 4) is 0 Å². The normalized spacial score (nSPS) is 16.8. The van der Waals surface area contributed by atoms with Crippen LogP contribution in [-0.4, -0.2) is 6.21 Å². The molecule has 1 atom stereocenters. The predicted octanol–water partition coefficient (Wildman–Crippen LogP) is 6.16. The molecule has 1 heterocycles. The second-order valence-electron chi connectivity index (χ2n) is 9.04. The van der Waals surface area contributed by atoms with Crippen LogP contribution < -0.4 is 15.8 Å². The average molecular weight is 433 g/mol. The molecule has 0 bridgehead atoms. The Kier molecular flexibility index (Phi) is 6.53. The fourth-order valence-corrected chi connectivity index (χ4v) is 5.31. The van der Waals surface area contributed by atoms with Crippen LogP contribution in [0.15, 0.2) is 78.1 Å². The third-order valence-electron chi connectivity index (χ3n) is 6.94. The van der Waals surface area contributed by atoms with E-state index in [0.29, 0.717) is 0 Å². The van der Waals surface area contributed by atoms with Crippen molar-refractivity contribution in [2.24, 2.45) is 4.99 Å². The summed E-state index contributed by atoms with van der Waals surface area (Å²) in [5.41, 5.74) is 5.50. The summed E-state index contributed by atoms with van der Waals surface area (Å²) in [5, 5.41) is 8.94. The minimum Gasteiger partial charge on any atom is -0.360 e. The lowest BCUT2D eigenvalue weighted by atomic mass is 9.79. The van der Waals surface area contributed by atoms with Gasteiger partial charge in [0.1, 0.15) is 0 Å². The summed E-state index contributed by atoms with van der Waals surface area (Å²) in [5.74, 6) is 0.772. The number of hydrogen-bond donors (Lipinski definition) is 1. The highest BCUT2D eigenvalue weighted by atomic mass is 14.9. The largest absolute Gasteiger partial charge is 0.360 e. The molecule has 1 aliphatic heterocycles. The molecule has 0 fully saturated rings. The number of rotatable bonds is 3. The van der Waals surface area contributed by atoms with E-state index in [1.54, 1.807) is 17.3 Å². The molecule has 0 spiro atoms. The second kappa shape index (κ2) is 10.0. The first kappa shape index (κ1) is 21.5. The van der Waals surface area contributed by atoms with E-state index >= 15 is 0 Å². The number of unbranched alkanes of at least 4 members (excludes halogenated alkanes) is 1. The third kappa shape index (κ3) is 4.57. The van der Waals surface area contributed by atoms with Crippen molar-refractivity contribution >= 4 is 24.1 Å². The first-order valence-corrected chi connectivity index (χ1v) is 12.3. The van der Waals surface area contributed by atoms with Crippen molar-refractivity contribution in [1.82, 2.24) is 0 Å². The van der Waals surface area contributed by atoms with Crippen LogP contribution >= 0.6 is 0 Å². The number of nitrogens with one attached hydrogen (secondary N) is 1. The van der Waals surface area contributed by atoms with Gasteiger partial charge >= 0.3 is 0 Å². The van der Waals surface area contributed by atoms with E-state index in [2.05, 4.69) is 65.8 Å². The zero-order valence-corrected chi connectivity index (χ0v) is 19.4. The van der Waals surface area contributed by atoms with Crippen LogP contribution in [0.5, 0.6) is 0 Å². The second-order valence-corrected chi connectivity index (χ2v) is 9.04. The van der Waals surface area contributed by atoms with Crippen molar-refractivity contribution in [2.75, 3.05) is 5.32 Å². The molecule has 3 aromatic rings. The van der Waals surface area contributed by atoms with E-state index in [0.717, 1.165) is 23.6 Å². The summed E-state index contributed by atoms with van der Waals surface area (Å²) in [6.07, 6.45) is 18.0. The van der Waals surface area contributed by atoms with Crippen LogP contribution in [0, 0.1) is 10.4 Å². The molecule has 1 N–H and O–H groups in total. The smallest absolute Gasteiger partial charge is 0.0469 e. The fraction of sp³-hybridized carbons (Fsp3) is 0.258. The monoisotopic (exact) mass is 432 g/mol. The minimum atomic E-state index is 0.772. The number of hydrogen-bond acceptors (Lipinski definition) is 2. The minimum absolute atomic E-state index is 0.772. The van der Waals surface area contributed by atoms with Gasteiger partial charge in [-0.2, -0.15) is 0 Å². The van der Waals surface area contributed by atoms with Gasteiger partial charge in [0.15, 0.2) is 0 Å². The number of para-hydroxylation sites is 1. The maximum Gasteiger partial charge on any atom is 0.0469 e. The first-order valence-electron chi connectivity index (χ1n) is 12.3. The molecule has 0 saturated heterocycles. The Labute approximate surface area is 196 Å². The molecule has 0 amide bonds. The van der Waals surface area contributed by atoms with Gasteiger partial charge in [0, 0.05) is 29.9 Å². The van der Waals surface area contributed by atoms with Gasteiger partial charge in [0.25, 0.3) is 0 Å². The summed E-state index contributed by atoms with van der Waals surface area (Å²) < 4.78 is 0. The molecule has 0 aromatic heterocycles. The molecule has 2 aliphatic carbocycles. The molecule has 2 heteroatoms. The van der Waals surface area contributed by atoms with E-state index in [9.17, 15) is 0 Å². The highest BCUT2D eigenvalue weighted by Crippen LogP contribution is 2.31. The maximum atomic E-state index is 4.04. The van der Waals surface area contributed by atoms with Crippen molar-refractivity contribution in [2.45, 2.75) is 51.4 Å². The Morgan fingerprint density at radius 3 is 2.73 bits per heavy atom. The van der Waals surface area contributed by atoms with E-state index in [-0.39, 0.29) is 0 Å².